The molecule has 2 nitrogen and oxygen atoms in total. The fraction of sp³-hybridized carbons (Fsp3) is 0.462. The molecule has 0 saturated heterocycles. The van der Waals surface area contributed by atoms with E-state index in [1.165, 1.54) is 18.1 Å². The third-order valence-corrected chi connectivity index (χ3v) is 2.50. The third-order valence-electron chi connectivity index (χ3n) is 2.50. The van der Waals surface area contributed by atoms with Crippen LogP contribution in [0.25, 0.3) is 0 Å². The summed E-state index contributed by atoms with van der Waals surface area (Å²) in [6.07, 6.45) is 0. The molecule has 1 rings (SSSR count). The summed E-state index contributed by atoms with van der Waals surface area (Å²) in [4.78, 5) is 10.8. The Hall–Kier alpha value is -1.31. The monoisotopic (exact) mass is 205 g/mol. The molecule has 0 heterocycles. The fourth-order valence-corrected chi connectivity index (χ4v) is 1.72. The molecule has 0 atom stereocenters. The zero-order valence-electron chi connectivity index (χ0n) is 9.92. The van der Waals surface area contributed by atoms with Crippen LogP contribution in [0.5, 0.6) is 0 Å². The average molecular weight is 205 g/mol. The molecule has 82 valence electrons. The maximum absolute atomic E-state index is 10.8. The maximum atomic E-state index is 10.8. The standard InChI is InChI=1S/C13H19NO/c1-9(2)13-6-5-12(7-10(13)3)8-14-11(4)15/h5-7,9H,8H2,1-4H3,(H,14,15). The van der Waals surface area contributed by atoms with Gasteiger partial charge in [0.1, 0.15) is 0 Å². The van der Waals surface area contributed by atoms with Crippen LogP contribution in [-0.2, 0) is 11.3 Å². The first-order valence-electron chi connectivity index (χ1n) is 5.34. The highest BCUT2D eigenvalue weighted by atomic mass is 16.1. The second kappa shape index (κ2) is 4.96. The van der Waals surface area contributed by atoms with Gasteiger partial charge < -0.3 is 5.32 Å². The van der Waals surface area contributed by atoms with Crippen LogP contribution >= 0.6 is 0 Å². The maximum Gasteiger partial charge on any atom is 0.217 e. The molecule has 0 spiro atoms. The summed E-state index contributed by atoms with van der Waals surface area (Å²) < 4.78 is 0. The first-order chi connectivity index (χ1) is 7.00. The molecular formula is C13H19NO. The number of benzene rings is 1. The normalized spacial score (nSPS) is 10.5. The number of rotatable bonds is 3. The summed E-state index contributed by atoms with van der Waals surface area (Å²) in [6.45, 7) is 8.65. The molecule has 1 amide bonds. The molecule has 2 heteroatoms. The highest BCUT2D eigenvalue weighted by molar-refractivity contribution is 5.72. The van der Waals surface area contributed by atoms with E-state index in [9.17, 15) is 4.79 Å². The molecule has 0 aliphatic heterocycles. The summed E-state index contributed by atoms with van der Waals surface area (Å²) in [5, 5.41) is 2.80. The van der Waals surface area contributed by atoms with Crippen molar-refractivity contribution in [3.8, 4) is 0 Å². The van der Waals surface area contributed by atoms with Crippen LogP contribution in [-0.4, -0.2) is 5.91 Å². The van der Waals surface area contributed by atoms with Crippen molar-refractivity contribution in [3.63, 3.8) is 0 Å². The Morgan fingerprint density at radius 2 is 2.07 bits per heavy atom. The van der Waals surface area contributed by atoms with Crippen molar-refractivity contribution >= 4 is 5.91 Å². The third kappa shape index (κ3) is 3.39. The Labute approximate surface area is 91.7 Å². The van der Waals surface area contributed by atoms with Crippen molar-refractivity contribution in [3.05, 3.63) is 34.9 Å². The number of hydrogen-bond donors (Lipinski definition) is 1. The lowest BCUT2D eigenvalue weighted by Crippen LogP contribution is -2.18. The van der Waals surface area contributed by atoms with E-state index in [1.54, 1.807) is 0 Å². The van der Waals surface area contributed by atoms with Gasteiger partial charge in [-0.1, -0.05) is 32.0 Å². The second-order valence-electron chi connectivity index (χ2n) is 4.26. The number of hydrogen-bond acceptors (Lipinski definition) is 1. The Morgan fingerprint density at radius 3 is 2.53 bits per heavy atom. The van der Waals surface area contributed by atoms with Crippen molar-refractivity contribution < 1.29 is 4.79 Å². The number of aryl methyl sites for hydroxylation is 1. The molecule has 1 aromatic carbocycles. The van der Waals surface area contributed by atoms with Crippen molar-refractivity contribution in [1.29, 1.82) is 0 Å². The van der Waals surface area contributed by atoms with Crippen molar-refractivity contribution in [2.24, 2.45) is 0 Å². The van der Waals surface area contributed by atoms with E-state index in [4.69, 9.17) is 0 Å². The van der Waals surface area contributed by atoms with E-state index in [0.29, 0.717) is 12.5 Å². The smallest absolute Gasteiger partial charge is 0.217 e. The van der Waals surface area contributed by atoms with Crippen LogP contribution in [0, 0.1) is 6.92 Å². The summed E-state index contributed by atoms with van der Waals surface area (Å²) >= 11 is 0. The molecule has 0 aliphatic carbocycles. The lowest BCUT2D eigenvalue weighted by molar-refractivity contribution is -0.119. The van der Waals surface area contributed by atoms with Gasteiger partial charge in [0.2, 0.25) is 5.91 Å². The van der Waals surface area contributed by atoms with Gasteiger partial charge in [0, 0.05) is 13.5 Å². The van der Waals surface area contributed by atoms with Crippen LogP contribution in [0.2, 0.25) is 0 Å². The molecular weight excluding hydrogens is 186 g/mol. The predicted octanol–water partition coefficient (Wildman–Crippen LogP) is 2.75. The molecule has 1 N–H and O–H groups in total. The Kier molecular flexibility index (Phi) is 3.89. The van der Waals surface area contributed by atoms with Gasteiger partial charge in [-0.2, -0.15) is 0 Å². The van der Waals surface area contributed by atoms with E-state index >= 15 is 0 Å². The molecule has 1 aromatic rings. The zero-order chi connectivity index (χ0) is 11.4. The van der Waals surface area contributed by atoms with Gasteiger partial charge in [-0.15, -0.1) is 0 Å². The van der Waals surface area contributed by atoms with Crippen LogP contribution in [0.4, 0.5) is 0 Å². The van der Waals surface area contributed by atoms with Gasteiger partial charge in [-0.25, -0.2) is 0 Å². The van der Waals surface area contributed by atoms with Gasteiger partial charge in [-0.3, -0.25) is 4.79 Å². The first kappa shape index (κ1) is 11.8. The highest BCUT2D eigenvalue weighted by Crippen LogP contribution is 2.19. The average Bonchev–Trinajstić information content (AvgIpc) is 2.14. The van der Waals surface area contributed by atoms with Gasteiger partial charge in [-0.05, 0) is 29.5 Å². The molecule has 0 aromatic heterocycles. The van der Waals surface area contributed by atoms with Crippen molar-refractivity contribution in [2.45, 2.75) is 40.2 Å². The molecule has 0 fully saturated rings. The topological polar surface area (TPSA) is 29.1 Å². The van der Waals surface area contributed by atoms with Gasteiger partial charge in [0.05, 0.1) is 0 Å². The van der Waals surface area contributed by atoms with Crippen LogP contribution in [0.3, 0.4) is 0 Å². The van der Waals surface area contributed by atoms with E-state index < -0.39 is 0 Å². The van der Waals surface area contributed by atoms with Crippen LogP contribution < -0.4 is 5.32 Å². The number of carbonyl (C=O) groups is 1. The van der Waals surface area contributed by atoms with Crippen LogP contribution in [0.15, 0.2) is 18.2 Å². The number of carbonyl (C=O) groups excluding carboxylic acids is 1. The van der Waals surface area contributed by atoms with Gasteiger partial charge in [0.25, 0.3) is 0 Å². The fourth-order valence-electron chi connectivity index (χ4n) is 1.72. The zero-order valence-corrected chi connectivity index (χ0v) is 9.92. The Morgan fingerprint density at radius 1 is 1.40 bits per heavy atom. The molecule has 15 heavy (non-hydrogen) atoms. The minimum Gasteiger partial charge on any atom is -0.352 e. The largest absolute Gasteiger partial charge is 0.352 e. The minimum atomic E-state index is 0.0144. The number of amides is 1. The Bertz CT molecular complexity index is 356. The lowest BCUT2D eigenvalue weighted by Gasteiger charge is -2.11. The molecule has 0 aliphatic rings. The second-order valence-corrected chi connectivity index (χ2v) is 4.26. The SMILES string of the molecule is CC(=O)NCc1ccc(C(C)C)c(C)c1. The van der Waals surface area contributed by atoms with E-state index in [-0.39, 0.29) is 5.91 Å². The van der Waals surface area contributed by atoms with Gasteiger partial charge in [0.15, 0.2) is 0 Å². The highest BCUT2D eigenvalue weighted by Gasteiger charge is 2.04. The van der Waals surface area contributed by atoms with E-state index in [2.05, 4.69) is 44.3 Å². The molecule has 0 radical (unpaired) electrons. The van der Waals surface area contributed by atoms with E-state index in [1.807, 2.05) is 0 Å². The summed E-state index contributed by atoms with van der Waals surface area (Å²) in [7, 11) is 0. The van der Waals surface area contributed by atoms with Crippen molar-refractivity contribution in [1.82, 2.24) is 5.32 Å². The first-order valence-corrected chi connectivity index (χ1v) is 5.34. The van der Waals surface area contributed by atoms with Crippen LogP contribution in [0.1, 0.15) is 43.4 Å². The minimum absolute atomic E-state index is 0.0144. The van der Waals surface area contributed by atoms with E-state index in [0.717, 1.165) is 5.56 Å². The predicted molar refractivity (Wildman–Crippen MR) is 62.8 cm³/mol. The Balaban J connectivity index is 2.77. The summed E-state index contributed by atoms with van der Waals surface area (Å²) in [5.41, 5.74) is 3.83. The molecule has 0 unspecified atom stereocenters. The lowest BCUT2D eigenvalue weighted by atomic mass is 9.96. The molecule has 0 bridgehead atoms. The van der Waals surface area contributed by atoms with Crippen molar-refractivity contribution in [2.75, 3.05) is 0 Å². The number of nitrogens with one attached hydrogen (secondary N) is 1. The van der Waals surface area contributed by atoms with Gasteiger partial charge >= 0.3 is 0 Å². The summed E-state index contributed by atoms with van der Waals surface area (Å²) in [5.74, 6) is 0.570. The summed E-state index contributed by atoms with van der Waals surface area (Å²) in [6, 6.07) is 6.38. The quantitative estimate of drug-likeness (QED) is 0.807. The molecule has 0 saturated carbocycles.